The van der Waals surface area contributed by atoms with E-state index < -0.39 is 5.91 Å². The smallest absolute Gasteiger partial charge is 0.267 e. The summed E-state index contributed by atoms with van der Waals surface area (Å²) in [5, 5.41) is 1.16. The average molecular weight is 350 g/mol. The number of pyridine rings is 1. The Labute approximate surface area is 152 Å². The first kappa shape index (κ1) is 16.8. The Balaban J connectivity index is 1.55. The number of nitrogens with two attached hydrogens (primary N) is 1. The highest BCUT2D eigenvalue weighted by Crippen LogP contribution is 2.24. The van der Waals surface area contributed by atoms with Gasteiger partial charge in [0.25, 0.3) is 5.91 Å². The van der Waals surface area contributed by atoms with Crippen molar-refractivity contribution in [1.82, 2.24) is 14.5 Å². The molecular formula is C20H22N4O2. The third-order valence-corrected chi connectivity index (χ3v) is 4.83. The third-order valence-electron chi connectivity index (χ3n) is 4.83. The van der Waals surface area contributed by atoms with Crippen LogP contribution in [-0.4, -0.2) is 53.2 Å². The number of hydrogen-bond acceptors (Lipinski definition) is 4. The summed E-state index contributed by atoms with van der Waals surface area (Å²) in [6, 6.07) is 13.7. The van der Waals surface area contributed by atoms with E-state index in [0.717, 1.165) is 56.0 Å². The summed E-state index contributed by atoms with van der Waals surface area (Å²) in [5.41, 5.74) is 8.55. The van der Waals surface area contributed by atoms with Gasteiger partial charge in [0.15, 0.2) is 0 Å². The van der Waals surface area contributed by atoms with Crippen LogP contribution in [0.3, 0.4) is 0 Å². The molecule has 1 fully saturated rings. The fourth-order valence-corrected chi connectivity index (χ4v) is 3.36. The van der Waals surface area contributed by atoms with E-state index >= 15 is 0 Å². The molecule has 0 atom stereocenters. The van der Waals surface area contributed by atoms with Crippen LogP contribution in [0.1, 0.15) is 10.5 Å². The maximum absolute atomic E-state index is 11.3. The minimum atomic E-state index is -0.512. The minimum Gasteiger partial charge on any atom is -0.379 e. The number of carbonyl (C=O) groups is 1. The standard InChI is InChI=1S/C20H22N4O2/c21-20(25)18-3-1-2-17(22-18)15-4-5-19-16(14-15)6-7-24(19)9-8-23-10-12-26-13-11-23/h1-7,14H,8-13H2,(H2,21,25). The van der Waals surface area contributed by atoms with Gasteiger partial charge in [-0.2, -0.15) is 0 Å². The number of nitrogens with zero attached hydrogens (tertiary/aromatic N) is 3. The predicted molar refractivity (Wildman–Crippen MR) is 101 cm³/mol. The number of primary amides is 1. The van der Waals surface area contributed by atoms with E-state index in [4.69, 9.17) is 10.5 Å². The lowest BCUT2D eigenvalue weighted by Crippen LogP contribution is -2.38. The monoisotopic (exact) mass is 350 g/mol. The van der Waals surface area contributed by atoms with Gasteiger partial charge in [0, 0.05) is 48.8 Å². The number of morpholine rings is 1. The second-order valence-corrected chi connectivity index (χ2v) is 6.51. The van der Waals surface area contributed by atoms with Crippen LogP contribution in [0.5, 0.6) is 0 Å². The van der Waals surface area contributed by atoms with Crippen molar-refractivity contribution in [2.24, 2.45) is 5.73 Å². The first-order valence-corrected chi connectivity index (χ1v) is 8.87. The molecule has 0 saturated carbocycles. The van der Waals surface area contributed by atoms with Crippen LogP contribution in [0.2, 0.25) is 0 Å². The molecule has 4 rings (SSSR count). The van der Waals surface area contributed by atoms with E-state index in [-0.39, 0.29) is 5.69 Å². The number of aromatic nitrogens is 2. The summed E-state index contributed by atoms with van der Waals surface area (Å²) in [5.74, 6) is -0.512. The van der Waals surface area contributed by atoms with Crippen molar-refractivity contribution < 1.29 is 9.53 Å². The number of amides is 1. The Kier molecular flexibility index (Phi) is 4.69. The number of rotatable bonds is 5. The Morgan fingerprint density at radius 3 is 2.77 bits per heavy atom. The number of fused-ring (bicyclic) bond motifs is 1. The van der Waals surface area contributed by atoms with Crippen molar-refractivity contribution in [3.8, 4) is 11.3 Å². The van der Waals surface area contributed by atoms with E-state index in [2.05, 4.69) is 38.8 Å². The third kappa shape index (κ3) is 3.47. The van der Waals surface area contributed by atoms with Crippen molar-refractivity contribution in [3.63, 3.8) is 0 Å². The van der Waals surface area contributed by atoms with Gasteiger partial charge in [0.2, 0.25) is 0 Å². The van der Waals surface area contributed by atoms with Gasteiger partial charge in [-0.15, -0.1) is 0 Å². The van der Waals surface area contributed by atoms with E-state index in [1.807, 2.05) is 12.1 Å². The molecule has 1 amide bonds. The summed E-state index contributed by atoms with van der Waals surface area (Å²) in [6.45, 7) is 5.64. The largest absolute Gasteiger partial charge is 0.379 e. The fourth-order valence-electron chi connectivity index (χ4n) is 3.36. The topological polar surface area (TPSA) is 73.4 Å². The van der Waals surface area contributed by atoms with E-state index in [9.17, 15) is 4.79 Å². The number of carbonyl (C=O) groups excluding carboxylic acids is 1. The van der Waals surface area contributed by atoms with Crippen LogP contribution in [0.25, 0.3) is 22.2 Å². The van der Waals surface area contributed by atoms with Gasteiger partial charge >= 0.3 is 0 Å². The van der Waals surface area contributed by atoms with Gasteiger partial charge in [-0.25, -0.2) is 4.98 Å². The normalized spacial score (nSPS) is 15.4. The predicted octanol–water partition coefficient (Wildman–Crippen LogP) is 2.13. The lowest BCUT2D eigenvalue weighted by Gasteiger charge is -2.26. The van der Waals surface area contributed by atoms with Crippen molar-refractivity contribution in [2.45, 2.75) is 6.54 Å². The van der Waals surface area contributed by atoms with Crippen molar-refractivity contribution in [3.05, 3.63) is 54.4 Å². The minimum absolute atomic E-state index is 0.283. The summed E-state index contributed by atoms with van der Waals surface area (Å²) >= 11 is 0. The molecule has 6 heteroatoms. The molecule has 3 heterocycles. The molecule has 0 radical (unpaired) electrons. The summed E-state index contributed by atoms with van der Waals surface area (Å²) in [7, 11) is 0. The van der Waals surface area contributed by atoms with Crippen LogP contribution < -0.4 is 5.73 Å². The molecule has 2 N–H and O–H groups in total. The maximum Gasteiger partial charge on any atom is 0.267 e. The fraction of sp³-hybridized carbons (Fsp3) is 0.300. The molecule has 2 aromatic heterocycles. The highest BCUT2D eigenvalue weighted by atomic mass is 16.5. The number of hydrogen-bond donors (Lipinski definition) is 1. The average Bonchev–Trinajstić information content (AvgIpc) is 3.09. The molecule has 0 aliphatic carbocycles. The SMILES string of the molecule is NC(=O)c1cccc(-c2ccc3c(ccn3CCN3CCOCC3)c2)n1. The summed E-state index contributed by atoms with van der Waals surface area (Å²) in [4.78, 5) is 18.1. The van der Waals surface area contributed by atoms with Gasteiger partial charge in [0.05, 0.1) is 18.9 Å². The zero-order valence-electron chi connectivity index (χ0n) is 14.6. The van der Waals surface area contributed by atoms with Crippen molar-refractivity contribution in [1.29, 1.82) is 0 Å². The maximum atomic E-state index is 11.3. The molecular weight excluding hydrogens is 328 g/mol. The molecule has 1 saturated heterocycles. The zero-order valence-corrected chi connectivity index (χ0v) is 14.6. The molecule has 0 spiro atoms. The first-order chi connectivity index (χ1) is 12.7. The first-order valence-electron chi connectivity index (χ1n) is 8.87. The Morgan fingerprint density at radius 2 is 1.96 bits per heavy atom. The van der Waals surface area contributed by atoms with Gasteiger partial charge in [-0.1, -0.05) is 12.1 Å². The van der Waals surface area contributed by atoms with Gasteiger partial charge in [0.1, 0.15) is 5.69 Å². The molecule has 0 bridgehead atoms. The molecule has 6 nitrogen and oxygen atoms in total. The van der Waals surface area contributed by atoms with Crippen molar-refractivity contribution in [2.75, 3.05) is 32.8 Å². The summed E-state index contributed by atoms with van der Waals surface area (Å²) in [6.07, 6.45) is 2.13. The second-order valence-electron chi connectivity index (χ2n) is 6.51. The Hall–Kier alpha value is -2.70. The van der Waals surface area contributed by atoms with E-state index in [0.29, 0.717) is 0 Å². The van der Waals surface area contributed by atoms with Gasteiger partial charge in [-0.05, 0) is 30.3 Å². The molecule has 3 aromatic rings. The molecule has 1 aliphatic rings. The highest BCUT2D eigenvalue weighted by Gasteiger charge is 2.11. The number of ether oxygens (including phenoxy) is 1. The lowest BCUT2D eigenvalue weighted by atomic mass is 10.1. The van der Waals surface area contributed by atoms with Gasteiger partial charge in [-0.3, -0.25) is 9.69 Å². The Morgan fingerprint density at radius 1 is 1.12 bits per heavy atom. The van der Waals surface area contributed by atoms with E-state index in [1.165, 1.54) is 5.52 Å². The number of benzene rings is 1. The molecule has 134 valence electrons. The van der Waals surface area contributed by atoms with Crippen LogP contribution in [-0.2, 0) is 11.3 Å². The van der Waals surface area contributed by atoms with Crippen LogP contribution in [0, 0.1) is 0 Å². The van der Waals surface area contributed by atoms with Crippen LogP contribution >= 0.6 is 0 Å². The van der Waals surface area contributed by atoms with Gasteiger partial charge < -0.3 is 15.0 Å². The zero-order chi connectivity index (χ0) is 17.9. The molecule has 1 aromatic carbocycles. The summed E-state index contributed by atoms with van der Waals surface area (Å²) < 4.78 is 7.68. The van der Waals surface area contributed by atoms with Crippen LogP contribution in [0.15, 0.2) is 48.7 Å². The lowest BCUT2D eigenvalue weighted by molar-refractivity contribution is 0.0365. The van der Waals surface area contributed by atoms with Crippen LogP contribution in [0.4, 0.5) is 0 Å². The quantitative estimate of drug-likeness (QED) is 0.765. The van der Waals surface area contributed by atoms with Crippen molar-refractivity contribution >= 4 is 16.8 Å². The second kappa shape index (κ2) is 7.27. The van der Waals surface area contributed by atoms with E-state index in [1.54, 1.807) is 12.1 Å². The Bertz CT molecular complexity index is 928. The molecule has 1 aliphatic heterocycles. The molecule has 0 unspecified atom stereocenters. The highest BCUT2D eigenvalue weighted by molar-refractivity contribution is 5.91. The molecule has 26 heavy (non-hydrogen) atoms.